The van der Waals surface area contributed by atoms with Gasteiger partial charge in [0.1, 0.15) is 17.4 Å². The van der Waals surface area contributed by atoms with Gasteiger partial charge in [-0.3, -0.25) is 0 Å². The number of nitriles is 1. The van der Waals surface area contributed by atoms with Gasteiger partial charge in [0.05, 0.1) is 38.3 Å². The number of fused-ring (bicyclic) bond motifs is 1. The number of para-hydroxylation sites is 1. The molecule has 0 aromatic heterocycles. The molecule has 1 N–H and O–H groups in total. The highest BCUT2D eigenvalue weighted by Crippen LogP contribution is 2.48. The fourth-order valence-electron chi connectivity index (χ4n) is 2.04. The number of hydrogen-bond donors (Lipinski definition) is 1. The van der Waals surface area contributed by atoms with Crippen LogP contribution >= 0.6 is 23.2 Å². The van der Waals surface area contributed by atoms with Crippen LogP contribution in [0.25, 0.3) is 0 Å². The van der Waals surface area contributed by atoms with Crippen molar-refractivity contribution in [1.29, 1.82) is 5.26 Å². The lowest BCUT2D eigenvalue weighted by molar-refractivity contribution is 1.39. The van der Waals surface area contributed by atoms with Crippen LogP contribution in [0.1, 0.15) is 11.1 Å². The number of rotatable bonds is 2. The van der Waals surface area contributed by atoms with Crippen LogP contribution in [0.5, 0.6) is 0 Å². The largest absolute Gasteiger partial charge is 0.351 e. The molecule has 0 unspecified atom stereocenters. The van der Waals surface area contributed by atoms with Crippen molar-refractivity contribution in [3.63, 3.8) is 0 Å². The number of hydrogen-bond acceptors (Lipinski definition) is 4. The van der Waals surface area contributed by atoms with Crippen molar-refractivity contribution < 1.29 is 0 Å². The summed E-state index contributed by atoms with van der Waals surface area (Å²) < 4.78 is 8.40. The van der Waals surface area contributed by atoms with E-state index >= 15 is 0 Å². The molecule has 0 saturated heterocycles. The Morgan fingerprint density at radius 3 is 2.67 bits per heavy atom. The zero-order chi connectivity index (χ0) is 15.0. The Morgan fingerprint density at radius 1 is 1.14 bits per heavy atom. The van der Waals surface area contributed by atoms with Crippen LogP contribution in [-0.2, 0) is 11.4 Å². The minimum atomic E-state index is 0.437. The molecule has 2 aromatic carbocycles. The first-order valence-electron chi connectivity index (χ1n) is 5.99. The first-order valence-corrected chi connectivity index (χ1v) is 7.47. The second-order valence-corrected chi connectivity index (χ2v) is 5.75. The molecule has 1 aliphatic heterocycles. The van der Waals surface area contributed by atoms with Crippen molar-refractivity contribution >= 4 is 57.3 Å². The molecule has 104 valence electrons. The number of benzene rings is 2. The van der Waals surface area contributed by atoms with Crippen molar-refractivity contribution in [2.75, 3.05) is 5.32 Å². The molecule has 0 fully saturated rings. The van der Waals surface area contributed by atoms with Gasteiger partial charge in [0, 0.05) is 0 Å². The maximum absolute atomic E-state index is 9.24. The lowest BCUT2D eigenvalue weighted by atomic mass is 10.1. The van der Waals surface area contributed by atoms with Crippen molar-refractivity contribution in [3.05, 3.63) is 45.4 Å². The second-order valence-electron chi connectivity index (χ2n) is 4.41. The highest BCUT2D eigenvalue weighted by atomic mass is 35.5. The summed E-state index contributed by atoms with van der Waals surface area (Å²) in [6, 6.07) is 9.29. The van der Waals surface area contributed by atoms with E-state index in [1.54, 1.807) is 12.1 Å². The minimum absolute atomic E-state index is 0.437. The molecule has 1 heterocycles. The van der Waals surface area contributed by atoms with Crippen molar-refractivity contribution in [1.82, 2.24) is 0 Å². The third kappa shape index (κ3) is 2.42. The first kappa shape index (κ1) is 14.1. The predicted octanol–water partition coefficient (Wildman–Crippen LogP) is 5.64. The molecule has 21 heavy (non-hydrogen) atoms. The van der Waals surface area contributed by atoms with E-state index in [4.69, 9.17) is 23.2 Å². The highest BCUT2D eigenvalue weighted by molar-refractivity contribution is 7.58. The smallest absolute Gasteiger partial charge is 0.131 e. The number of aryl methyl sites for hydroxylation is 1. The number of nitrogens with zero attached hydrogens (tertiary/aromatic N) is 3. The Balaban J connectivity index is 2.16. The fraction of sp³-hybridized carbons (Fsp3) is 0.0714. The molecular weight excluding hydrogens is 327 g/mol. The van der Waals surface area contributed by atoms with E-state index in [0.717, 1.165) is 16.9 Å². The van der Waals surface area contributed by atoms with Crippen LogP contribution < -0.4 is 5.32 Å². The zero-order valence-corrected chi connectivity index (χ0v) is 13.1. The Kier molecular flexibility index (Phi) is 3.68. The summed E-state index contributed by atoms with van der Waals surface area (Å²) in [5, 5.41) is 13.3. The summed E-state index contributed by atoms with van der Waals surface area (Å²) in [5.41, 5.74) is 3.99. The van der Waals surface area contributed by atoms with Crippen LogP contribution in [0.15, 0.2) is 33.0 Å². The van der Waals surface area contributed by atoms with E-state index < -0.39 is 0 Å². The summed E-state index contributed by atoms with van der Waals surface area (Å²) >= 11 is 13.4. The van der Waals surface area contributed by atoms with Gasteiger partial charge < -0.3 is 5.32 Å². The SMILES string of the molecule is Cc1cccc(C#N)c1Nc1c(Cl)cc(Cl)c2c1N=S=N2. The zero-order valence-electron chi connectivity index (χ0n) is 10.8. The summed E-state index contributed by atoms with van der Waals surface area (Å²) in [4.78, 5) is 0. The lowest BCUT2D eigenvalue weighted by Crippen LogP contribution is -1.97. The number of halogens is 2. The van der Waals surface area contributed by atoms with Crippen molar-refractivity contribution in [2.45, 2.75) is 6.92 Å². The Bertz CT molecular complexity index is 864. The predicted molar refractivity (Wildman–Crippen MR) is 87.2 cm³/mol. The molecule has 4 nitrogen and oxygen atoms in total. The standard InChI is InChI=1S/C14H8Cl2N4S/c1-7-3-2-4-8(6-17)11(7)18-12-9(15)5-10(16)13-14(12)20-21-19-13/h2-5,18H,1H3. The van der Waals surface area contributed by atoms with Gasteiger partial charge in [0.2, 0.25) is 0 Å². The normalized spacial score (nSPS) is 11.7. The van der Waals surface area contributed by atoms with Crippen LogP contribution in [-0.4, -0.2) is 0 Å². The maximum Gasteiger partial charge on any atom is 0.131 e. The van der Waals surface area contributed by atoms with E-state index in [-0.39, 0.29) is 0 Å². The van der Waals surface area contributed by atoms with E-state index in [9.17, 15) is 5.26 Å². The topological polar surface area (TPSA) is 60.5 Å². The minimum Gasteiger partial charge on any atom is -0.351 e. The van der Waals surface area contributed by atoms with Gasteiger partial charge in [0.25, 0.3) is 0 Å². The monoisotopic (exact) mass is 334 g/mol. The molecular formula is C14H8Cl2N4S. The molecule has 0 bridgehead atoms. The van der Waals surface area contributed by atoms with Crippen LogP contribution in [0.4, 0.5) is 22.7 Å². The van der Waals surface area contributed by atoms with Gasteiger partial charge in [-0.25, -0.2) is 0 Å². The third-order valence-corrected chi connectivity index (χ3v) is 4.20. The average molecular weight is 335 g/mol. The lowest BCUT2D eigenvalue weighted by Gasteiger charge is -2.15. The van der Waals surface area contributed by atoms with Gasteiger partial charge in [-0.05, 0) is 24.6 Å². The molecule has 0 amide bonds. The van der Waals surface area contributed by atoms with Gasteiger partial charge in [0.15, 0.2) is 0 Å². The van der Waals surface area contributed by atoms with Gasteiger partial charge in [-0.1, -0.05) is 35.3 Å². The van der Waals surface area contributed by atoms with Gasteiger partial charge in [-0.2, -0.15) is 14.0 Å². The molecule has 0 spiro atoms. The molecule has 7 heteroatoms. The maximum atomic E-state index is 9.24. The molecule has 0 saturated carbocycles. The van der Waals surface area contributed by atoms with E-state index in [1.165, 1.54) is 0 Å². The van der Waals surface area contributed by atoms with Crippen LogP contribution in [0, 0.1) is 18.3 Å². The van der Waals surface area contributed by atoms with Crippen LogP contribution in [0.3, 0.4) is 0 Å². The van der Waals surface area contributed by atoms with Gasteiger partial charge in [-0.15, -0.1) is 0 Å². The Hall–Kier alpha value is -1.87. The van der Waals surface area contributed by atoms with E-state index in [0.29, 0.717) is 38.4 Å². The van der Waals surface area contributed by atoms with E-state index in [1.807, 2.05) is 19.1 Å². The fourth-order valence-corrected chi connectivity index (χ4v) is 3.20. The Morgan fingerprint density at radius 2 is 1.90 bits per heavy atom. The second kappa shape index (κ2) is 5.49. The van der Waals surface area contributed by atoms with Crippen molar-refractivity contribution in [2.24, 2.45) is 8.73 Å². The number of anilines is 2. The molecule has 0 atom stereocenters. The van der Waals surface area contributed by atoms with Crippen LogP contribution in [0.2, 0.25) is 10.0 Å². The van der Waals surface area contributed by atoms with Gasteiger partial charge >= 0.3 is 0 Å². The molecule has 0 aliphatic carbocycles. The quantitative estimate of drug-likeness (QED) is 0.658. The number of nitrogens with one attached hydrogen (secondary N) is 1. The summed E-state index contributed by atoms with van der Waals surface area (Å²) in [7, 11) is 0. The summed E-state index contributed by atoms with van der Waals surface area (Å²) in [6.07, 6.45) is 0. The van der Waals surface area contributed by atoms with E-state index in [2.05, 4.69) is 20.1 Å². The molecule has 1 aliphatic rings. The molecule has 3 rings (SSSR count). The first-order chi connectivity index (χ1) is 10.1. The molecule has 2 aromatic rings. The third-order valence-electron chi connectivity index (χ3n) is 3.09. The summed E-state index contributed by atoms with van der Waals surface area (Å²) in [6.45, 7) is 1.92. The molecule has 0 radical (unpaired) electrons. The van der Waals surface area contributed by atoms with Crippen molar-refractivity contribution in [3.8, 4) is 6.07 Å². The summed E-state index contributed by atoms with van der Waals surface area (Å²) in [5.74, 6) is 0. The Labute approximate surface area is 135 Å². The average Bonchev–Trinajstić information content (AvgIpc) is 2.94. The highest BCUT2D eigenvalue weighted by Gasteiger charge is 2.20.